The lowest BCUT2D eigenvalue weighted by Crippen LogP contribution is -2.52. The quantitative estimate of drug-likeness (QED) is 0.902. The van der Waals surface area contributed by atoms with Gasteiger partial charge in [-0.2, -0.15) is 0 Å². The Kier molecular flexibility index (Phi) is 4.69. The number of amides is 4. The zero-order chi connectivity index (χ0) is 17.1. The molecular weight excluding hydrogens is 310 g/mol. The fourth-order valence-corrected chi connectivity index (χ4v) is 3.26. The number of rotatable bonds is 4. The van der Waals surface area contributed by atoms with Gasteiger partial charge in [-0.15, -0.1) is 0 Å². The second-order valence-corrected chi connectivity index (χ2v) is 6.05. The van der Waals surface area contributed by atoms with Crippen molar-refractivity contribution in [3.05, 3.63) is 29.8 Å². The molecule has 24 heavy (non-hydrogen) atoms. The summed E-state index contributed by atoms with van der Waals surface area (Å²) in [5.74, 6) is 0.379. The Balaban J connectivity index is 1.69. The fourth-order valence-electron chi connectivity index (χ4n) is 3.26. The van der Waals surface area contributed by atoms with Crippen LogP contribution >= 0.6 is 0 Å². The predicted octanol–water partition coefficient (Wildman–Crippen LogP) is 1.30. The zero-order valence-corrected chi connectivity index (χ0v) is 13.7. The lowest BCUT2D eigenvalue weighted by Gasteiger charge is -2.30. The van der Waals surface area contributed by atoms with Crippen LogP contribution in [0.25, 0.3) is 0 Å². The Morgan fingerprint density at radius 3 is 2.92 bits per heavy atom. The van der Waals surface area contributed by atoms with Gasteiger partial charge in [0.05, 0.1) is 13.2 Å². The van der Waals surface area contributed by atoms with E-state index in [1.54, 1.807) is 7.11 Å². The first kappa shape index (κ1) is 16.3. The summed E-state index contributed by atoms with van der Waals surface area (Å²) in [4.78, 5) is 38.9. The van der Waals surface area contributed by atoms with Crippen LogP contribution in [0.1, 0.15) is 30.9 Å². The molecule has 1 aromatic carbocycles. The normalized spacial score (nSPS) is 21.0. The highest BCUT2D eigenvalue weighted by Gasteiger charge is 2.33. The van der Waals surface area contributed by atoms with Gasteiger partial charge >= 0.3 is 6.03 Å². The Bertz CT molecular complexity index is 661. The average molecular weight is 331 g/mol. The van der Waals surface area contributed by atoms with E-state index < -0.39 is 6.03 Å². The van der Waals surface area contributed by atoms with Gasteiger partial charge in [-0.05, 0) is 30.5 Å². The van der Waals surface area contributed by atoms with Crippen LogP contribution in [0.5, 0.6) is 5.75 Å². The molecule has 2 fully saturated rings. The summed E-state index contributed by atoms with van der Waals surface area (Å²) in [5.41, 5.74) is 1.04. The summed E-state index contributed by atoms with van der Waals surface area (Å²) in [5, 5.41) is 2.24. The third-order valence-electron chi connectivity index (χ3n) is 4.52. The van der Waals surface area contributed by atoms with Crippen molar-refractivity contribution < 1.29 is 19.1 Å². The molecule has 2 heterocycles. The summed E-state index contributed by atoms with van der Waals surface area (Å²) in [6.45, 7) is 0.961. The molecule has 1 N–H and O–H groups in total. The maximum atomic E-state index is 12.7. The summed E-state index contributed by atoms with van der Waals surface area (Å²) < 4.78 is 5.26. The van der Waals surface area contributed by atoms with Crippen LogP contribution in [0.3, 0.4) is 0 Å². The molecule has 2 aliphatic rings. The summed E-state index contributed by atoms with van der Waals surface area (Å²) in [6.07, 6.45) is 2.06. The predicted molar refractivity (Wildman–Crippen MR) is 86.4 cm³/mol. The van der Waals surface area contributed by atoms with E-state index in [0.717, 1.165) is 24.2 Å². The number of methoxy groups -OCH3 is 1. The number of carbonyl (C=O) groups is 3. The molecule has 0 radical (unpaired) electrons. The van der Waals surface area contributed by atoms with E-state index >= 15 is 0 Å². The first-order valence-corrected chi connectivity index (χ1v) is 8.10. The van der Waals surface area contributed by atoms with Crippen molar-refractivity contribution in [2.45, 2.75) is 25.3 Å². The summed E-state index contributed by atoms with van der Waals surface area (Å²) in [6, 6.07) is 7.24. The number of hydrogen-bond donors (Lipinski definition) is 1. The molecule has 1 atom stereocenters. The zero-order valence-electron chi connectivity index (χ0n) is 13.7. The molecule has 0 bridgehead atoms. The smallest absolute Gasteiger partial charge is 0.324 e. The molecule has 1 unspecified atom stereocenters. The van der Waals surface area contributed by atoms with Crippen LogP contribution in [0, 0.1) is 0 Å². The van der Waals surface area contributed by atoms with Gasteiger partial charge in [0.15, 0.2) is 0 Å². The third kappa shape index (κ3) is 3.34. The Morgan fingerprint density at radius 2 is 2.17 bits per heavy atom. The number of benzene rings is 1. The minimum Gasteiger partial charge on any atom is -0.497 e. The van der Waals surface area contributed by atoms with Gasteiger partial charge in [0.25, 0.3) is 0 Å². The second kappa shape index (κ2) is 6.90. The number of hydrogen-bond acceptors (Lipinski definition) is 4. The number of likely N-dealkylation sites (tertiary alicyclic amines) is 1. The lowest BCUT2D eigenvalue weighted by atomic mass is 10.0. The van der Waals surface area contributed by atoms with Crippen molar-refractivity contribution in [1.82, 2.24) is 15.1 Å². The number of ether oxygens (including phenoxy) is 1. The SMILES string of the molecule is COc1cccc(C2CCCN2C(=O)CN2CCC(=O)NC2=O)c1. The Hall–Kier alpha value is -2.57. The molecule has 0 spiro atoms. The van der Waals surface area contributed by atoms with E-state index in [1.165, 1.54) is 4.90 Å². The first-order chi connectivity index (χ1) is 11.6. The van der Waals surface area contributed by atoms with Gasteiger partial charge in [-0.1, -0.05) is 12.1 Å². The average Bonchev–Trinajstić information content (AvgIpc) is 3.07. The molecule has 4 amide bonds. The molecule has 0 aromatic heterocycles. The van der Waals surface area contributed by atoms with E-state index in [2.05, 4.69) is 5.32 Å². The number of nitrogens with zero attached hydrogens (tertiary/aromatic N) is 2. The minimum absolute atomic E-state index is 0.000415. The third-order valence-corrected chi connectivity index (χ3v) is 4.52. The van der Waals surface area contributed by atoms with Crippen molar-refractivity contribution in [1.29, 1.82) is 0 Å². The molecular formula is C17H21N3O4. The van der Waals surface area contributed by atoms with E-state index in [-0.39, 0.29) is 37.4 Å². The number of carbonyl (C=O) groups excluding carboxylic acids is 3. The van der Waals surface area contributed by atoms with Crippen molar-refractivity contribution in [3.8, 4) is 5.75 Å². The van der Waals surface area contributed by atoms with Gasteiger partial charge in [0.1, 0.15) is 12.3 Å². The minimum atomic E-state index is -0.489. The number of imide groups is 1. The number of urea groups is 1. The van der Waals surface area contributed by atoms with Gasteiger partial charge < -0.3 is 14.5 Å². The van der Waals surface area contributed by atoms with Gasteiger partial charge in [-0.3, -0.25) is 14.9 Å². The topological polar surface area (TPSA) is 79.0 Å². The molecule has 128 valence electrons. The summed E-state index contributed by atoms with van der Waals surface area (Å²) >= 11 is 0. The molecule has 3 rings (SSSR count). The van der Waals surface area contributed by atoms with Crippen molar-refractivity contribution in [2.75, 3.05) is 26.7 Å². The number of nitrogens with one attached hydrogen (secondary N) is 1. The van der Waals surface area contributed by atoms with Gasteiger partial charge in [0, 0.05) is 19.5 Å². The van der Waals surface area contributed by atoms with Crippen molar-refractivity contribution in [3.63, 3.8) is 0 Å². The van der Waals surface area contributed by atoms with Crippen molar-refractivity contribution >= 4 is 17.8 Å². The Labute approximate surface area is 140 Å². The molecule has 0 saturated carbocycles. The maximum Gasteiger partial charge on any atom is 0.324 e. The second-order valence-electron chi connectivity index (χ2n) is 6.05. The first-order valence-electron chi connectivity index (χ1n) is 8.10. The van der Waals surface area contributed by atoms with Gasteiger partial charge in [-0.25, -0.2) is 4.79 Å². The molecule has 2 saturated heterocycles. The van der Waals surface area contributed by atoms with Crippen LogP contribution < -0.4 is 10.1 Å². The van der Waals surface area contributed by atoms with E-state index in [9.17, 15) is 14.4 Å². The lowest BCUT2D eigenvalue weighted by molar-refractivity contribution is -0.133. The van der Waals surface area contributed by atoms with Crippen LogP contribution in [-0.4, -0.2) is 54.4 Å². The highest BCUT2D eigenvalue weighted by molar-refractivity contribution is 5.98. The molecule has 0 aliphatic carbocycles. The molecule has 7 nitrogen and oxygen atoms in total. The van der Waals surface area contributed by atoms with Crippen LogP contribution in [0.2, 0.25) is 0 Å². The van der Waals surface area contributed by atoms with Crippen LogP contribution in [-0.2, 0) is 9.59 Å². The molecule has 2 aliphatic heterocycles. The largest absolute Gasteiger partial charge is 0.497 e. The molecule has 1 aromatic rings. The monoisotopic (exact) mass is 331 g/mol. The van der Waals surface area contributed by atoms with E-state index in [4.69, 9.17) is 4.74 Å². The fraction of sp³-hybridized carbons (Fsp3) is 0.471. The van der Waals surface area contributed by atoms with Crippen LogP contribution in [0.15, 0.2) is 24.3 Å². The van der Waals surface area contributed by atoms with Crippen LogP contribution in [0.4, 0.5) is 4.79 Å². The highest BCUT2D eigenvalue weighted by atomic mass is 16.5. The highest BCUT2D eigenvalue weighted by Crippen LogP contribution is 2.33. The summed E-state index contributed by atoms with van der Waals surface area (Å²) in [7, 11) is 1.62. The standard InChI is InChI=1S/C17H21N3O4/c1-24-13-5-2-4-12(10-13)14-6-3-8-20(14)16(22)11-19-9-7-15(21)18-17(19)23/h2,4-5,10,14H,3,6-9,11H2,1H3,(H,18,21,23). The van der Waals surface area contributed by atoms with E-state index in [1.807, 2.05) is 29.2 Å². The molecule has 7 heteroatoms. The van der Waals surface area contributed by atoms with Gasteiger partial charge in [0.2, 0.25) is 11.8 Å². The maximum absolute atomic E-state index is 12.7. The van der Waals surface area contributed by atoms with Crippen molar-refractivity contribution in [2.24, 2.45) is 0 Å². The Morgan fingerprint density at radius 1 is 1.33 bits per heavy atom. The van der Waals surface area contributed by atoms with E-state index in [0.29, 0.717) is 6.54 Å².